The fraction of sp³-hybridized carbons (Fsp3) is 0.222. The molecule has 1 unspecified atom stereocenters. The van der Waals surface area contributed by atoms with E-state index in [9.17, 15) is 18.0 Å². The third kappa shape index (κ3) is 3.39. The Labute approximate surface area is 95.5 Å². The number of halogens is 4. The molecule has 0 bridgehead atoms. The van der Waals surface area contributed by atoms with E-state index in [1.54, 1.807) is 0 Å². The molecule has 0 heterocycles. The molecule has 1 rings (SSSR count). The molecule has 90 valence electrons. The number of rotatable bonds is 2. The van der Waals surface area contributed by atoms with Crippen LogP contribution in [0.25, 0.3) is 0 Å². The Bertz CT molecular complexity index is 381. The molecule has 0 amide bonds. The fourth-order valence-electron chi connectivity index (χ4n) is 1.05. The minimum Gasteiger partial charge on any atom is -0.478 e. The van der Waals surface area contributed by atoms with Gasteiger partial charge in [-0.25, -0.2) is 4.79 Å². The number of hydrogen-bond donors (Lipinski definition) is 2. The molecule has 0 saturated carbocycles. The summed E-state index contributed by atoms with van der Waals surface area (Å²) in [5, 5.41) is 8.57. The molecule has 0 aliphatic heterocycles. The number of hydrogen-bond acceptors (Lipinski definition) is 2. The van der Waals surface area contributed by atoms with Gasteiger partial charge in [0, 0.05) is 0 Å². The van der Waals surface area contributed by atoms with Crippen LogP contribution in [0.1, 0.15) is 22.0 Å². The Morgan fingerprint density at radius 3 is 2.38 bits per heavy atom. The number of aromatic carboxylic acids is 1. The molecule has 1 atom stereocenters. The van der Waals surface area contributed by atoms with E-state index in [0.29, 0.717) is 0 Å². The van der Waals surface area contributed by atoms with Crippen molar-refractivity contribution in [2.45, 2.75) is 12.2 Å². The monoisotopic (exact) mass is 255 g/mol. The van der Waals surface area contributed by atoms with E-state index >= 15 is 0 Å². The molecule has 0 aliphatic carbocycles. The van der Waals surface area contributed by atoms with E-state index in [2.05, 4.69) is 0 Å². The van der Waals surface area contributed by atoms with Gasteiger partial charge in [-0.2, -0.15) is 13.2 Å². The summed E-state index contributed by atoms with van der Waals surface area (Å²) in [7, 11) is 0. The largest absolute Gasteiger partial charge is 0.478 e. The highest BCUT2D eigenvalue weighted by atomic mass is 35.5. The minimum atomic E-state index is -4.57. The van der Waals surface area contributed by atoms with Gasteiger partial charge in [0.15, 0.2) is 0 Å². The predicted octanol–water partition coefficient (Wildman–Crippen LogP) is 2.37. The second-order valence-electron chi connectivity index (χ2n) is 2.95. The van der Waals surface area contributed by atoms with E-state index in [1.807, 2.05) is 0 Å². The van der Waals surface area contributed by atoms with Crippen LogP contribution in [0, 0.1) is 0 Å². The summed E-state index contributed by atoms with van der Waals surface area (Å²) < 4.78 is 36.6. The van der Waals surface area contributed by atoms with Crippen LogP contribution in [0.5, 0.6) is 0 Å². The first-order valence-corrected chi connectivity index (χ1v) is 3.98. The number of alkyl halides is 3. The molecule has 16 heavy (non-hydrogen) atoms. The summed E-state index contributed by atoms with van der Waals surface area (Å²) >= 11 is 0. The Morgan fingerprint density at radius 2 is 1.94 bits per heavy atom. The summed E-state index contributed by atoms with van der Waals surface area (Å²) in [5.41, 5.74) is 4.45. The molecule has 7 heteroatoms. The predicted molar refractivity (Wildman–Crippen MR) is 53.6 cm³/mol. The van der Waals surface area contributed by atoms with Crippen molar-refractivity contribution in [3.8, 4) is 0 Å². The Kier molecular flexibility index (Phi) is 4.77. The highest BCUT2D eigenvalue weighted by Gasteiger charge is 2.37. The van der Waals surface area contributed by atoms with E-state index in [4.69, 9.17) is 10.8 Å². The van der Waals surface area contributed by atoms with Crippen LogP contribution < -0.4 is 5.73 Å². The lowest BCUT2D eigenvalue weighted by Crippen LogP contribution is -2.28. The third-order valence-corrected chi connectivity index (χ3v) is 1.85. The van der Waals surface area contributed by atoms with Crippen LogP contribution in [0.15, 0.2) is 24.3 Å². The zero-order chi connectivity index (χ0) is 11.6. The average Bonchev–Trinajstić information content (AvgIpc) is 2.15. The summed E-state index contributed by atoms with van der Waals surface area (Å²) in [6.07, 6.45) is -4.57. The van der Waals surface area contributed by atoms with Crippen molar-refractivity contribution in [1.29, 1.82) is 0 Å². The van der Waals surface area contributed by atoms with Crippen molar-refractivity contribution in [2.24, 2.45) is 5.73 Å². The topological polar surface area (TPSA) is 63.3 Å². The quantitative estimate of drug-likeness (QED) is 0.853. The number of benzene rings is 1. The number of carbonyl (C=O) groups is 1. The lowest BCUT2D eigenvalue weighted by Gasteiger charge is -2.15. The Morgan fingerprint density at radius 1 is 1.38 bits per heavy atom. The van der Waals surface area contributed by atoms with Gasteiger partial charge in [0.25, 0.3) is 0 Å². The summed E-state index contributed by atoms with van der Waals surface area (Å²) in [5.74, 6) is -1.29. The van der Waals surface area contributed by atoms with Crippen molar-refractivity contribution < 1.29 is 23.1 Å². The summed E-state index contributed by atoms with van der Waals surface area (Å²) in [6.45, 7) is 0. The maximum atomic E-state index is 12.2. The lowest BCUT2D eigenvalue weighted by molar-refractivity contribution is -0.149. The molecule has 0 saturated heterocycles. The van der Waals surface area contributed by atoms with Crippen LogP contribution in [-0.4, -0.2) is 17.3 Å². The molecule has 0 aliphatic rings. The molecule has 0 spiro atoms. The second-order valence-corrected chi connectivity index (χ2v) is 2.95. The second kappa shape index (κ2) is 5.18. The van der Waals surface area contributed by atoms with Gasteiger partial charge in [-0.15, -0.1) is 12.4 Å². The minimum absolute atomic E-state index is 0. The normalized spacial score (nSPS) is 12.8. The van der Waals surface area contributed by atoms with Gasteiger partial charge in [-0.05, 0) is 17.7 Å². The standard InChI is InChI=1S/C9H8F3NO2.ClH/c10-9(11,12)7(13)5-2-1-3-6(4-5)8(14)15;/h1-4,7H,13H2,(H,14,15);1H. The molecular weight excluding hydrogens is 247 g/mol. The average molecular weight is 256 g/mol. The lowest BCUT2D eigenvalue weighted by atomic mass is 10.0. The van der Waals surface area contributed by atoms with E-state index in [1.165, 1.54) is 12.1 Å². The van der Waals surface area contributed by atoms with Crippen LogP contribution in [0.2, 0.25) is 0 Å². The van der Waals surface area contributed by atoms with Gasteiger partial charge < -0.3 is 10.8 Å². The van der Waals surface area contributed by atoms with Gasteiger partial charge >= 0.3 is 12.1 Å². The van der Waals surface area contributed by atoms with E-state index in [0.717, 1.165) is 12.1 Å². The Balaban J connectivity index is 0.00000225. The van der Waals surface area contributed by atoms with E-state index in [-0.39, 0.29) is 23.5 Å². The summed E-state index contributed by atoms with van der Waals surface area (Å²) in [6, 6.07) is 2.33. The molecular formula is C9H9ClF3NO2. The van der Waals surface area contributed by atoms with Gasteiger partial charge in [-0.1, -0.05) is 12.1 Å². The van der Waals surface area contributed by atoms with Crippen molar-refractivity contribution in [3.63, 3.8) is 0 Å². The van der Waals surface area contributed by atoms with Gasteiger partial charge in [-0.3, -0.25) is 0 Å². The van der Waals surface area contributed by atoms with Crippen molar-refractivity contribution in [2.75, 3.05) is 0 Å². The maximum absolute atomic E-state index is 12.2. The van der Waals surface area contributed by atoms with Gasteiger partial charge in [0.2, 0.25) is 0 Å². The van der Waals surface area contributed by atoms with Gasteiger partial charge in [0.05, 0.1) is 5.56 Å². The van der Waals surface area contributed by atoms with E-state index < -0.39 is 18.2 Å². The van der Waals surface area contributed by atoms with Crippen LogP contribution in [0.4, 0.5) is 13.2 Å². The molecule has 3 nitrogen and oxygen atoms in total. The first kappa shape index (κ1) is 14.7. The number of carboxylic acid groups (broad SMARTS) is 1. The Hall–Kier alpha value is -1.27. The highest BCUT2D eigenvalue weighted by molar-refractivity contribution is 5.87. The van der Waals surface area contributed by atoms with Crippen molar-refractivity contribution in [3.05, 3.63) is 35.4 Å². The molecule has 0 fully saturated rings. The highest BCUT2D eigenvalue weighted by Crippen LogP contribution is 2.30. The summed E-state index contributed by atoms with van der Waals surface area (Å²) in [4.78, 5) is 10.5. The molecule has 1 aromatic rings. The SMILES string of the molecule is Cl.NC(c1cccc(C(=O)O)c1)C(F)(F)F. The molecule has 0 aromatic heterocycles. The smallest absolute Gasteiger partial charge is 0.407 e. The van der Waals surface area contributed by atoms with Crippen molar-refractivity contribution in [1.82, 2.24) is 0 Å². The number of nitrogens with two attached hydrogens (primary N) is 1. The first-order valence-electron chi connectivity index (χ1n) is 3.98. The zero-order valence-electron chi connectivity index (χ0n) is 7.86. The van der Waals surface area contributed by atoms with Crippen LogP contribution in [0.3, 0.4) is 0 Å². The van der Waals surface area contributed by atoms with Crippen LogP contribution in [-0.2, 0) is 0 Å². The molecule has 1 aromatic carbocycles. The fourth-order valence-corrected chi connectivity index (χ4v) is 1.05. The van der Waals surface area contributed by atoms with Crippen LogP contribution >= 0.6 is 12.4 Å². The van der Waals surface area contributed by atoms with Crippen molar-refractivity contribution >= 4 is 18.4 Å². The number of carboxylic acids is 1. The third-order valence-electron chi connectivity index (χ3n) is 1.85. The molecule has 3 N–H and O–H groups in total. The maximum Gasteiger partial charge on any atom is 0.407 e. The zero-order valence-corrected chi connectivity index (χ0v) is 8.68. The first-order chi connectivity index (χ1) is 6.82. The molecule has 0 radical (unpaired) electrons. The van der Waals surface area contributed by atoms with Gasteiger partial charge in [0.1, 0.15) is 6.04 Å².